The summed E-state index contributed by atoms with van der Waals surface area (Å²) in [5.74, 6) is 1.54. The van der Waals surface area contributed by atoms with Crippen LogP contribution in [0.1, 0.15) is 30.1 Å². The van der Waals surface area contributed by atoms with Crippen molar-refractivity contribution in [1.82, 2.24) is 19.9 Å². The summed E-state index contributed by atoms with van der Waals surface area (Å²) < 4.78 is 15.3. The van der Waals surface area contributed by atoms with Crippen molar-refractivity contribution in [3.8, 4) is 5.69 Å². The smallest absolute Gasteiger partial charge is 0.133 e. The summed E-state index contributed by atoms with van der Waals surface area (Å²) in [5, 5.41) is 3.51. The molecule has 1 N–H and O–H groups in total. The van der Waals surface area contributed by atoms with Crippen LogP contribution in [0.2, 0.25) is 0 Å². The van der Waals surface area contributed by atoms with Crippen molar-refractivity contribution in [1.29, 1.82) is 0 Å². The van der Waals surface area contributed by atoms with E-state index in [-0.39, 0.29) is 5.82 Å². The maximum Gasteiger partial charge on any atom is 0.133 e. The van der Waals surface area contributed by atoms with Crippen molar-refractivity contribution in [2.45, 2.75) is 32.9 Å². The standard InChI is InChI=1S/C22H26FN5/c1-16-3-8-21(13-25-16)28-14-19(12-24-11-17-4-5-17)26-22(28)15-27(2)20-9-6-18(23)7-10-20/h3,6-10,13-14,17,24H,4-5,11-12,15H2,1-2H3. The Kier molecular flexibility index (Phi) is 5.39. The fraction of sp³-hybridized carbons (Fsp3) is 0.364. The molecule has 6 heteroatoms. The second kappa shape index (κ2) is 8.10. The number of aromatic nitrogens is 3. The number of nitrogens with one attached hydrogen (secondary N) is 1. The lowest BCUT2D eigenvalue weighted by molar-refractivity contribution is 0.627. The molecule has 146 valence electrons. The third-order valence-corrected chi connectivity index (χ3v) is 5.08. The number of rotatable bonds is 8. The van der Waals surface area contributed by atoms with Gasteiger partial charge in [-0.2, -0.15) is 0 Å². The number of halogens is 1. The van der Waals surface area contributed by atoms with Gasteiger partial charge in [0, 0.05) is 31.2 Å². The first-order valence-electron chi connectivity index (χ1n) is 9.76. The van der Waals surface area contributed by atoms with E-state index in [2.05, 4.69) is 32.0 Å². The summed E-state index contributed by atoms with van der Waals surface area (Å²) >= 11 is 0. The van der Waals surface area contributed by atoms with E-state index < -0.39 is 0 Å². The number of imidazole rings is 1. The Balaban J connectivity index is 1.56. The highest BCUT2D eigenvalue weighted by Gasteiger charge is 2.20. The highest BCUT2D eigenvalue weighted by atomic mass is 19.1. The van der Waals surface area contributed by atoms with Crippen LogP contribution >= 0.6 is 0 Å². The Morgan fingerprint density at radius 1 is 1.18 bits per heavy atom. The van der Waals surface area contributed by atoms with Gasteiger partial charge in [-0.05, 0) is 68.6 Å². The predicted molar refractivity (Wildman–Crippen MR) is 109 cm³/mol. The average Bonchev–Trinajstić information content (AvgIpc) is 3.43. The van der Waals surface area contributed by atoms with Crippen LogP contribution in [0.5, 0.6) is 0 Å². The Morgan fingerprint density at radius 2 is 1.96 bits per heavy atom. The third-order valence-electron chi connectivity index (χ3n) is 5.08. The summed E-state index contributed by atoms with van der Waals surface area (Å²) in [5.41, 5.74) is 3.95. The van der Waals surface area contributed by atoms with E-state index in [0.29, 0.717) is 6.54 Å². The lowest BCUT2D eigenvalue weighted by Crippen LogP contribution is -2.19. The van der Waals surface area contributed by atoms with E-state index in [1.54, 1.807) is 12.1 Å². The topological polar surface area (TPSA) is 46.0 Å². The molecule has 0 atom stereocenters. The number of benzene rings is 1. The number of pyridine rings is 1. The normalized spacial score (nSPS) is 13.7. The lowest BCUT2D eigenvalue weighted by Gasteiger charge is -2.19. The van der Waals surface area contributed by atoms with Gasteiger partial charge < -0.3 is 14.8 Å². The second-order valence-corrected chi connectivity index (χ2v) is 7.58. The highest BCUT2D eigenvalue weighted by Crippen LogP contribution is 2.27. The van der Waals surface area contributed by atoms with Crippen molar-refractivity contribution >= 4 is 5.69 Å². The Morgan fingerprint density at radius 3 is 2.64 bits per heavy atom. The van der Waals surface area contributed by atoms with Gasteiger partial charge in [-0.25, -0.2) is 9.37 Å². The summed E-state index contributed by atoms with van der Waals surface area (Å²) in [7, 11) is 1.99. The molecule has 1 aromatic carbocycles. The van der Waals surface area contributed by atoms with Gasteiger partial charge >= 0.3 is 0 Å². The Bertz CT molecular complexity index is 913. The molecule has 0 unspecified atom stereocenters. The van der Waals surface area contributed by atoms with Crippen LogP contribution in [0.25, 0.3) is 5.69 Å². The first-order chi connectivity index (χ1) is 13.6. The van der Waals surface area contributed by atoms with Crippen molar-refractivity contribution in [3.05, 3.63) is 71.8 Å². The van der Waals surface area contributed by atoms with E-state index in [1.807, 2.05) is 26.2 Å². The Labute approximate surface area is 165 Å². The van der Waals surface area contributed by atoms with Crippen molar-refractivity contribution in [2.24, 2.45) is 5.92 Å². The van der Waals surface area contributed by atoms with Crippen LogP contribution in [-0.2, 0) is 13.1 Å². The van der Waals surface area contributed by atoms with Crippen LogP contribution in [0, 0.1) is 18.7 Å². The van der Waals surface area contributed by atoms with Gasteiger partial charge in [-0.1, -0.05) is 0 Å². The highest BCUT2D eigenvalue weighted by molar-refractivity contribution is 5.46. The molecule has 1 saturated carbocycles. The minimum Gasteiger partial charge on any atom is -0.367 e. The van der Waals surface area contributed by atoms with Crippen molar-refractivity contribution in [2.75, 3.05) is 18.5 Å². The molecule has 28 heavy (non-hydrogen) atoms. The molecule has 2 aromatic heterocycles. The van der Waals surface area contributed by atoms with E-state index in [4.69, 9.17) is 4.98 Å². The SMILES string of the molecule is Cc1ccc(-n2cc(CNCC3CC3)nc2CN(C)c2ccc(F)cc2)cn1. The zero-order valence-corrected chi connectivity index (χ0v) is 16.4. The first-order valence-corrected chi connectivity index (χ1v) is 9.76. The molecule has 1 aliphatic rings. The number of aryl methyl sites for hydroxylation is 1. The van der Waals surface area contributed by atoms with Crippen LogP contribution < -0.4 is 10.2 Å². The maximum absolute atomic E-state index is 13.2. The summed E-state index contributed by atoms with van der Waals surface area (Å²) in [6.07, 6.45) is 6.63. The van der Waals surface area contributed by atoms with Gasteiger partial charge in [0.05, 0.1) is 24.1 Å². The van der Waals surface area contributed by atoms with Crippen LogP contribution in [0.15, 0.2) is 48.8 Å². The predicted octanol–water partition coefficient (Wildman–Crippen LogP) is 3.85. The molecule has 5 nitrogen and oxygen atoms in total. The fourth-order valence-corrected chi connectivity index (χ4v) is 3.22. The molecule has 1 fully saturated rings. The Hall–Kier alpha value is -2.73. The van der Waals surface area contributed by atoms with Crippen LogP contribution in [0.3, 0.4) is 0 Å². The van der Waals surface area contributed by atoms with Crippen molar-refractivity contribution < 1.29 is 4.39 Å². The molecule has 2 heterocycles. The van der Waals surface area contributed by atoms with Gasteiger partial charge in [-0.3, -0.25) is 4.98 Å². The average molecular weight is 379 g/mol. The fourth-order valence-electron chi connectivity index (χ4n) is 3.22. The van der Waals surface area contributed by atoms with E-state index in [0.717, 1.165) is 47.6 Å². The zero-order chi connectivity index (χ0) is 19.5. The molecule has 1 aliphatic carbocycles. The van der Waals surface area contributed by atoms with Gasteiger partial charge in [0.2, 0.25) is 0 Å². The first kappa shape index (κ1) is 18.6. The van der Waals surface area contributed by atoms with E-state index >= 15 is 0 Å². The summed E-state index contributed by atoms with van der Waals surface area (Å²) in [6.45, 7) is 4.41. The third kappa shape index (κ3) is 4.57. The number of nitrogens with zero attached hydrogens (tertiary/aromatic N) is 4. The molecule has 0 saturated heterocycles. The molecule has 0 bridgehead atoms. The lowest BCUT2D eigenvalue weighted by atomic mass is 10.3. The zero-order valence-electron chi connectivity index (χ0n) is 16.4. The largest absolute Gasteiger partial charge is 0.367 e. The number of hydrogen-bond donors (Lipinski definition) is 1. The minimum atomic E-state index is -0.228. The van der Waals surface area contributed by atoms with E-state index in [9.17, 15) is 4.39 Å². The van der Waals surface area contributed by atoms with Crippen molar-refractivity contribution in [3.63, 3.8) is 0 Å². The van der Waals surface area contributed by atoms with Crippen LogP contribution in [-0.4, -0.2) is 28.1 Å². The van der Waals surface area contributed by atoms with Gasteiger partial charge in [0.25, 0.3) is 0 Å². The number of anilines is 1. The van der Waals surface area contributed by atoms with Crippen LogP contribution in [0.4, 0.5) is 10.1 Å². The maximum atomic E-state index is 13.2. The summed E-state index contributed by atoms with van der Waals surface area (Å²) in [4.78, 5) is 11.4. The van der Waals surface area contributed by atoms with Gasteiger partial charge in [-0.15, -0.1) is 0 Å². The molecule has 0 aliphatic heterocycles. The molecular weight excluding hydrogens is 353 g/mol. The van der Waals surface area contributed by atoms with Gasteiger partial charge in [0.15, 0.2) is 0 Å². The van der Waals surface area contributed by atoms with Gasteiger partial charge in [0.1, 0.15) is 11.6 Å². The number of hydrogen-bond acceptors (Lipinski definition) is 4. The second-order valence-electron chi connectivity index (χ2n) is 7.58. The molecule has 0 amide bonds. The van der Waals surface area contributed by atoms with E-state index in [1.165, 1.54) is 25.0 Å². The molecule has 0 radical (unpaired) electrons. The molecular formula is C22H26FN5. The molecule has 3 aromatic rings. The molecule has 4 rings (SSSR count). The molecule has 0 spiro atoms. The summed E-state index contributed by atoms with van der Waals surface area (Å²) in [6, 6.07) is 10.6. The monoisotopic (exact) mass is 379 g/mol. The quantitative estimate of drug-likeness (QED) is 0.646. The minimum absolute atomic E-state index is 0.228.